The van der Waals surface area contributed by atoms with Crippen LogP contribution in [0.3, 0.4) is 0 Å². The third-order valence-corrected chi connectivity index (χ3v) is 3.97. The van der Waals surface area contributed by atoms with Gasteiger partial charge in [-0.25, -0.2) is 0 Å². The highest BCUT2D eigenvalue weighted by molar-refractivity contribution is 5.39. The van der Waals surface area contributed by atoms with Gasteiger partial charge in [0.1, 0.15) is 6.10 Å². The van der Waals surface area contributed by atoms with Gasteiger partial charge in [0.15, 0.2) is 11.5 Å². The molecule has 1 aliphatic rings. The molecule has 1 saturated carbocycles. The highest BCUT2D eigenvalue weighted by Gasteiger charge is 2.34. The Bertz CT molecular complexity index is 431. The molecule has 0 aromatic heterocycles. The Kier molecular flexibility index (Phi) is 4.92. The molecule has 3 nitrogen and oxygen atoms in total. The third kappa shape index (κ3) is 3.89. The highest BCUT2D eigenvalue weighted by Crippen LogP contribution is 2.38. The van der Waals surface area contributed by atoms with Gasteiger partial charge in [0.05, 0.1) is 6.61 Å². The van der Waals surface area contributed by atoms with Gasteiger partial charge < -0.3 is 15.2 Å². The minimum Gasteiger partial charge on any atom is -0.490 e. The molecule has 0 spiro atoms. The van der Waals surface area contributed by atoms with Crippen molar-refractivity contribution in [1.29, 1.82) is 0 Å². The first kappa shape index (κ1) is 15.2. The number of hydrogen-bond donors (Lipinski definition) is 1. The second kappa shape index (κ2) is 6.49. The van der Waals surface area contributed by atoms with E-state index in [0.717, 1.165) is 30.8 Å². The predicted octanol–water partition coefficient (Wildman–Crippen LogP) is 3.76. The number of para-hydroxylation sites is 2. The first-order valence-electron chi connectivity index (χ1n) is 7.66. The van der Waals surface area contributed by atoms with E-state index in [1.54, 1.807) is 0 Å². The number of hydrogen-bond acceptors (Lipinski definition) is 3. The van der Waals surface area contributed by atoms with Crippen LogP contribution in [0, 0.1) is 5.41 Å². The first-order chi connectivity index (χ1) is 9.52. The molecule has 2 rings (SSSR count). The van der Waals surface area contributed by atoms with E-state index in [-0.39, 0.29) is 12.1 Å². The Morgan fingerprint density at radius 3 is 2.65 bits per heavy atom. The number of ether oxygens (including phenoxy) is 2. The van der Waals surface area contributed by atoms with Crippen LogP contribution >= 0.6 is 0 Å². The zero-order valence-corrected chi connectivity index (χ0v) is 12.9. The lowest BCUT2D eigenvalue weighted by Gasteiger charge is -2.39. The summed E-state index contributed by atoms with van der Waals surface area (Å²) in [4.78, 5) is 0. The van der Waals surface area contributed by atoms with Crippen LogP contribution < -0.4 is 15.2 Å². The number of nitrogens with two attached hydrogens (primary N) is 1. The summed E-state index contributed by atoms with van der Waals surface area (Å²) in [6.07, 6.45) is 4.25. The van der Waals surface area contributed by atoms with Crippen molar-refractivity contribution in [3.8, 4) is 11.5 Å². The second-order valence-electron chi connectivity index (χ2n) is 6.52. The Balaban J connectivity index is 2.08. The number of benzene rings is 1. The van der Waals surface area contributed by atoms with E-state index >= 15 is 0 Å². The summed E-state index contributed by atoms with van der Waals surface area (Å²) in [7, 11) is 0. The van der Waals surface area contributed by atoms with Gasteiger partial charge in [-0.05, 0) is 43.2 Å². The van der Waals surface area contributed by atoms with E-state index in [4.69, 9.17) is 15.2 Å². The molecule has 1 aliphatic carbocycles. The summed E-state index contributed by atoms with van der Waals surface area (Å²) in [5, 5.41) is 0. The lowest BCUT2D eigenvalue weighted by molar-refractivity contribution is 0.0641. The van der Waals surface area contributed by atoms with Crippen molar-refractivity contribution < 1.29 is 9.47 Å². The fourth-order valence-corrected chi connectivity index (χ4v) is 2.71. The first-order valence-corrected chi connectivity index (χ1v) is 7.66. The molecule has 0 amide bonds. The second-order valence-corrected chi connectivity index (χ2v) is 6.52. The summed E-state index contributed by atoms with van der Waals surface area (Å²) in [6, 6.07) is 8.00. The SMILES string of the molecule is CCCOc1ccccc1OC1CC(C)(C)CCC1N. The normalized spacial score (nSPS) is 25.2. The van der Waals surface area contributed by atoms with Gasteiger partial charge in [0.25, 0.3) is 0 Å². The van der Waals surface area contributed by atoms with Crippen LogP contribution in [-0.4, -0.2) is 18.8 Å². The van der Waals surface area contributed by atoms with Crippen LogP contribution in [0.5, 0.6) is 11.5 Å². The Labute approximate surface area is 122 Å². The van der Waals surface area contributed by atoms with Gasteiger partial charge in [0.2, 0.25) is 0 Å². The maximum absolute atomic E-state index is 6.23. The fourth-order valence-electron chi connectivity index (χ4n) is 2.71. The monoisotopic (exact) mass is 277 g/mol. The van der Waals surface area contributed by atoms with Crippen LogP contribution in [0.15, 0.2) is 24.3 Å². The maximum atomic E-state index is 6.23. The quantitative estimate of drug-likeness (QED) is 0.891. The Morgan fingerprint density at radius 2 is 1.95 bits per heavy atom. The van der Waals surface area contributed by atoms with E-state index in [0.29, 0.717) is 12.0 Å². The molecule has 1 aromatic carbocycles. The molecule has 0 bridgehead atoms. The van der Waals surface area contributed by atoms with Gasteiger partial charge in [-0.1, -0.05) is 32.9 Å². The van der Waals surface area contributed by atoms with Crippen LogP contribution in [0.25, 0.3) is 0 Å². The van der Waals surface area contributed by atoms with E-state index in [1.165, 1.54) is 6.42 Å². The molecule has 0 radical (unpaired) electrons. The minimum absolute atomic E-state index is 0.0742. The van der Waals surface area contributed by atoms with Crippen LogP contribution in [0.1, 0.15) is 46.5 Å². The van der Waals surface area contributed by atoms with Gasteiger partial charge in [-0.15, -0.1) is 0 Å². The van der Waals surface area contributed by atoms with Crippen LogP contribution in [-0.2, 0) is 0 Å². The molecular formula is C17H27NO2. The number of rotatable bonds is 5. The van der Waals surface area contributed by atoms with Crippen molar-refractivity contribution in [2.75, 3.05) is 6.61 Å². The standard InChI is InChI=1S/C17H27NO2/c1-4-11-19-14-7-5-6-8-15(14)20-16-12-17(2,3)10-9-13(16)18/h5-8,13,16H,4,9-12,18H2,1-3H3. The molecule has 1 fully saturated rings. The van der Waals surface area contributed by atoms with Crippen molar-refractivity contribution in [3.05, 3.63) is 24.3 Å². The predicted molar refractivity (Wildman–Crippen MR) is 82.3 cm³/mol. The van der Waals surface area contributed by atoms with Crippen LogP contribution in [0.4, 0.5) is 0 Å². The Hall–Kier alpha value is -1.22. The molecule has 0 aliphatic heterocycles. The summed E-state index contributed by atoms with van der Waals surface area (Å²) in [5.74, 6) is 1.64. The lowest BCUT2D eigenvalue weighted by atomic mass is 9.74. The molecule has 2 atom stereocenters. The van der Waals surface area contributed by atoms with Crippen molar-refractivity contribution in [3.63, 3.8) is 0 Å². The Morgan fingerprint density at radius 1 is 1.25 bits per heavy atom. The van der Waals surface area contributed by atoms with Gasteiger partial charge in [0, 0.05) is 6.04 Å². The topological polar surface area (TPSA) is 44.5 Å². The summed E-state index contributed by atoms with van der Waals surface area (Å²) in [5.41, 5.74) is 6.54. The van der Waals surface area contributed by atoms with E-state index in [1.807, 2.05) is 24.3 Å². The van der Waals surface area contributed by atoms with E-state index < -0.39 is 0 Å². The van der Waals surface area contributed by atoms with Gasteiger partial charge in [-0.3, -0.25) is 0 Å². The molecule has 0 heterocycles. The van der Waals surface area contributed by atoms with Crippen molar-refractivity contribution in [2.45, 2.75) is 58.6 Å². The zero-order chi connectivity index (χ0) is 14.6. The molecule has 2 N–H and O–H groups in total. The molecule has 0 saturated heterocycles. The van der Waals surface area contributed by atoms with Crippen LogP contribution in [0.2, 0.25) is 0 Å². The molecule has 112 valence electrons. The zero-order valence-electron chi connectivity index (χ0n) is 12.9. The van der Waals surface area contributed by atoms with Crippen molar-refractivity contribution >= 4 is 0 Å². The van der Waals surface area contributed by atoms with Crippen molar-refractivity contribution in [2.24, 2.45) is 11.1 Å². The van der Waals surface area contributed by atoms with Gasteiger partial charge >= 0.3 is 0 Å². The van der Waals surface area contributed by atoms with E-state index in [2.05, 4.69) is 20.8 Å². The fraction of sp³-hybridized carbons (Fsp3) is 0.647. The van der Waals surface area contributed by atoms with E-state index in [9.17, 15) is 0 Å². The maximum Gasteiger partial charge on any atom is 0.161 e. The summed E-state index contributed by atoms with van der Waals surface area (Å²) >= 11 is 0. The lowest BCUT2D eigenvalue weighted by Crippen LogP contribution is -2.46. The van der Waals surface area contributed by atoms with Crippen molar-refractivity contribution in [1.82, 2.24) is 0 Å². The molecule has 20 heavy (non-hydrogen) atoms. The highest BCUT2D eigenvalue weighted by atomic mass is 16.5. The smallest absolute Gasteiger partial charge is 0.161 e. The average molecular weight is 277 g/mol. The average Bonchev–Trinajstić information content (AvgIpc) is 2.42. The summed E-state index contributed by atoms with van der Waals surface area (Å²) < 4.78 is 11.9. The molecule has 3 heteroatoms. The molecular weight excluding hydrogens is 250 g/mol. The summed E-state index contributed by atoms with van der Waals surface area (Å²) in [6.45, 7) is 7.38. The molecule has 2 unspecified atom stereocenters. The minimum atomic E-state index is 0.0742. The largest absolute Gasteiger partial charge is 0.490 e. The third-order valence-electron chi connectivity index (χ3n) is 3.97. The van der Waals surface area contributed by atoms with Gasteiger partial charge in [-0.2, -0.15) is 0 Å². The molecule has 1 aromatic rings.